The van der Waals surface area contributed by atoms with Crippen molar-refractivity contribution in [2.24, 2.45) is 5.73 Å². The van der Waals surface area contributed by atoms with Crippen molar-refractivity contribution in [2.45, 2.75) is 6.54 Å². The minimum atomic E-state index is -0.441. The van der Waals surface area contributed by atoms with Gasteiger partial charge in [0.1, 0.15) is 0 Å². The van der Waals surface area contributed by atoms with Crippen molar-refractivity contribution in [3.63, 3.8) is 0 Å². The second-order valence-electron chi connectivity index (χ2n) is 4.62. The Morgan fingerprint density at radius 3 is 2.86 bits per heavy atom. The summed E-state index contributed by atoms with van der Waals surface area (Å²) in [5, 5.41) is 4.13. The first-order chi connectivity index (χ1) is 10.0. The zero-order chi connectivity index (χ0) is 15.4. The summed E-state index contributed by atoms with van der Waals surface area (Å²) >= 11 is 1.56. The third-order valence-electron chi connectivity index (χ3n) is 2.83. The first-order valence-electron chi connectivity index (χ1n) is 6.36. The van der Waals surface area contributed by atoms with Crippen LogP contribution in [0, 0.1) is 0 Å². The van der Waals surface area contributed by atoms with Crippen molar-refractivity contribution in [3.8, 4) is 5.88 Å². The van der Waals surface area contributed by atoms with Gasteiger partial charge in [0.25, 0.3) is 0 Å². The van der Waals surface area contributed by atoms with Gasteiger partial charge in [-0.25, -0.2) is 0 Å². The summed E-state index contributed by atoms with van der Waals surface area (Å²) in [6, 6.07) is 7.08. The van der Waals surface area contributed by atoms with E-state index < -0.39 is 5.91 Å². The summed E-state index contributed by atoms with van der Waals surface area (Å²) in [6.45, 7) is 0.566. The number of aromatic nitrogens is 1. The Balaban J connectivity index is 2.12. The Hall–Kier alpha value is -2.28. The molecule has 1 aromatic heterocycles. The normalized spacial score (nSPS) is 10.2. The minimum absolute atomic E-state index is 0.441. The molecule has 0 saturated heterocycles. The topological polar surface area (TPSA) is 80.5 Å². The van der Waals surface area contributed by atoms with E-state index in [4.69, 9.17) is 10.5 Å². The smallest absolute Gasteiger partial charge is 0.248 e. The molecule has 1 aromatic carbocycles. The quantitative estimate of drug-likeness (QED) is 0.852. The number of carbonyl (C=O) groups excluding carboxylic acids is 1. The van der Waals surface area contributed by atoms with Gasteiger partial charge in [0.15, 0.2) is 5.13 Å². The average molecular weight is 306 g/mol. The number of primary amides is 1. The molecule has 2 aromatic rings. The van der Waals surface area contributed by atoms with E-state index in [2.05, 4.69) is 10.3 Å². The highest BCUT2D eigenvalue weighted by Gasteiger charge is 2.13. The average Bonchev–Trinajstić information content (AvgIpc) is 2.89. The van der Waals surface area contributed by atoms with Crippen LogP contribution in [0.5, 0.6) is 5.88 Å². The standard InChI is InChI=1S/C14H18N4O2S/c1-18(2)14-17-13(20-3)11(21-14)8-16-10-6-4-5-9(7-10)12(15)19/h4-7,16H,8H2,1-3H3,(H2,15,19). The van der Waals surface area contributed by atoms with E-state index in [9.17, 15) is 4.79 Å². The second kappa shape index (κ2) is 6.45. The van der Waals surface area contributed by atoms with Gasteiger partial charge in [-0.2, -0.15) is 4.98 Å². The number of hydrogen-bond donors (Lipinski definition) is 2. The van der Waals surface area contributed by atoms with Crippen LogP contribution in [-0.4, -0.2) is 32.1 Å². The molecule has 0 radical (unpaired) electrons. The summed E-state index contributed by atoms with van der Waals surface area (Å²) in [5.74, 6) is 0.172. The van der Waals surface area contributed by atoms with Gasteiger partial charge in [-0.15, -0.1) is 0 Å². The van der Waals surface area contributed by atoms with Crippen molar-refractivity contribution < 1.29 is 9.53 Å². The molecule has 7 heteroatoms. The van der Waals surface area contributed by atoms with E-state index in [1.54, 1.807) is 36.6 Å². The van der Waals surface area contributed by atoms with E-state index >= 15 is 0 Å². The largest absolute Gasteiger partial charge is 0.480 e. The SMILES string of the molecule is COc1nc(N(C)C)sc1CNc1cccc(C(N)=O)c1. The van der Waals surface area contributed by atoms with E-state index in [0.29, 0.717) is 18.0 Å². The van der Waals surface area contributed by atoms with Gasteiger partial charge < -0.3 is 20.7 Å². The number of nitrogens with zero attached hydrogens (tertiary/aromatic N) is 2. The number of hydrogen-bond acceptors (Lipinski definition) is 6. The van der Waals surface area contributed by atoms with E-state index in [1.807, 2.05) is 25.1 Å². The van der Waals surface area contributed by atoms with Crippen molar-refractivity contribution >= 4 is 28.1 Å². The minimum Gasteiger partial charge on any atom is -0.480 e. The number of nitrogens with two attached hydrogens (primary N) is 1. The predicted octanol–water partition coefficient (Wildman–Crippen LogP) is 1.93. The predicted molar refractivity (Wildman–Crippen MR) is 85.3 cm³/mol. The number of nitrogens with one attached hydrogen (secondary N) is 1. The van der Waals surface area contributed by atoms with Gasteiger partial charge in [-0.05, 0) is 18.2 Å². The van der Waals surface area contributed by atoms with Crippen LogP contribution < -0.4 is 20.7 Å². The lowest BCUT2D eigenvalue weighted by atomic mass is 10.2. The van der Waals surface area contributed by atoms with Crippen molar-refractivity contribution in [3.05, 3.63) is 34.7 Å². The summed E-state index contributed by atoms with van der Waals surface area (Å²) in [4.78, 5) is 18.5. The Bertz CT molecular complexity index is 640. The molecule has 3 N–H and O–H groups in total. The lowest BCUT2D eigenvalue weighted by Crippen LogP contribution is -2.11. The fourth-order valence-electron chi connectivity index (χ4n) is 1.75. The molecule has 0 saturated carbocycles. The number of rotatable bonds is 6. The lowest BCUT2D eigenvalue weighted by Gasteiger charge is -2.07. The molecule has 0 spiro atoms. The molecule has 0 aliphatic rings. The monoisotopic (exact) mass is 306 g/mol. The first kappa shape index (κ1) is 15.1. The third kappa shape index (κ3) is 3.63. The van der Waals surface area contributed by atoms with Gasteiger partial charge >= 0.3 is 0 Å². The van der Waals surface area contributed by atoms with Crippen molar-refractivity contribution in [1.29, 1.82) is 0 Å². The maximum Gasteiger partial charge on any atom is 0.248 e. The summed E-state index contributed by atoms with van der Waals surface area (Å²) in [6.07, 6.45) is 0. The molecule has 0 fully saturated rings. The van der Waals surface area contributed by atoms with Crippen LogP contribution in [0.3, 0.4) is 0 Å². The molecule has 2 rings (SSSR count). The lowest BCUT2D eigenvalue weighted by molar-refractivity contribution is 0.100. The Kier molecular flexibility index (Phi) is 4.64. The highest BCUT2D eigenvalue weighted by molar-refractivity contribution is 7.15. The molecule has 0 aliphatic carbocycles. The molecule has 21 heavy (non-hydrogen) atoms. The molecular formula is C14H18N4O2S. The van der Waals surface area contributed by atoms with Crippen LogP contribution in [-0.2, 0) is 6.54 Å². The van der Waals surface area contributed by atoms with Gasteiger partial charge in [0.2, 0.25) is 11.8 Å². The summed E-state index contributed by atoms with van der Waals surface area (Å²) < 4.78 is 5.29. The fraction of sp³-hybridized carbons (Fsp3) is 0.286. The van der Waals surface area contributed by atoms with Crippen molar-refractivity contribution in [1.82, 2.24) is 4.98 Å². The number of carbonyl (C=O) groups is 1. The molecule has 0 aliphatic heterocycles. The molecule has 112 valence electrons. The summed E-state index contributed by atoms with van der Waals surface area (Å²) in [5.41, 5.74) is 6.58. The van der Waals surface area contributed by atoms with Gasteiger partial charge in [0, 0.05) is 25.3 Å². The highest BCUT2D eigenvalue weighted by atomic mass is 32.1. The highest BCUT2D eigenvalue weighted by Crippen LogP contribution is 2.31. The Morgan fingerprint density at radius 2 is 2.24 bits per heavy atom. The molecule has 0 atom stereocenters. The van der Waals surface area contributed by atoms with Crippen molar-refractivity contribution in [2.75, 3.05) is 31.4 Å². The molecule has 6 nitrogen and oxygen atoms in total. The Labute approximate surface area is 127 Å². The van der Waals surface area contributed by atoms with Crippen LogP contribution in [0.2, 0.25) is 0 Å². The molecule has 1 amide bonds. The molecule has 0 bridgehead atoms. The zero-order valence-corrected chi connectivity index (χ0v) is 13.0. The van der Waals surface area contributed by atoms with Crippen LogP contribution in [0.1, 0.15) is 15.2 Å². The number of benzene rings is 1. The Morgan fingerprint density at radius 1 is 1.48 bits per heavy atom. The zero-order valence-electron chi connectivity index (χ0n) is 12.2. The maximum atomic E-state index is 11.2. The van der Waals surface area contributed by atoms with E-state index in [-0.39, 0.29) is 0 Å². The molecule has 1 heterocycles. The summed E-state index contributed by atoms with van der Waals surface area (Å²) in [7, 11) is 5.48. The van der Waals surface area contributed by atoms with Gasteiger partial charge in [-0.3, -0.25) is 4.79 Å². The maximum absolute atomic E-state index is 11.2. The number of anilines is 2. The van der Waals surface area contributed by atoms with E-state index in [0.717, 1.165) is 15.7 Å². The second-order valence-corrected chi connectivity index (χ2v) is 5.68. The fourth-order valence-corrected chi connectivity index (χ4v) is 2.65. The number of amides is 1. The number of ether oxygens (including phenoxy) is 1. The third-order valence-corrected chi connectivity index (χ3v) is 4.03. The van der Waals surface area contributed by atoms with E-state index in [1.165, 1.54) is 0 Å². The first-order valence-corrected chi connectivity index (χ1v) is 7.17. The van der Waals surface area contributed by atoms with Crippen LogP contribution in [0.25, 0.3) is 0 Å². The molecule has 0 unspecified atom stereocenters. The van der Waals surface area contributed by atoms with Gasteiger partial charge in [0.05, 0.1) is 18.5 Å². The number of thiazole rings is 1. The van der Waals surface area contributed by atoms with Crippen LogP contribution in [0.4, 0.5) is 10.8 Å². The van der Waals surface area contributed by atoms with Gasteiger partial charge in [-0.1, -0.05) is 17.4 Å². The molecular weight excluding hydrogens is 288 g/mol. The number of methoxy groups -OCH3 is 1. The van der Waals surface area contributed by atoms with Crippen LogP contribution >= 0.6 is 11.3 Å². The van der Waals surface area contributed by atoms with Crippen LogP contribution in [0.15, 0.2) is 24.3 Å².